The molecule has 2 aromatic heterocycles. The SMILES string of the molecule is COc1ccc(CN2CCN(Cc3ncnn3C)CC2)cn1. The maximum Gasteiger partial charge on any atom is 0.212 e. The molecule has 0 aliphatic carbocycles. The van der Waals surface area contributed by atoms with Crippen molar-refractivity contribution < 1.29 is 4.74 Å². The molecule has 7 nitrogen and oxygen atoms in total. The second-order valence-electron chi connectivity index (χ2n) is 5.56. The fourth-order valence-corrected chi connectivity index (χ4v) is 2.65. The Bertz CT molecular complexity index is 588. The van der Waals surface area contributed by atoms with Crippen LogP contribution >= 0.6 is 0 Å². The maximum absolute atomic E-state index is 5.09. The summed E-state index contributed by atoms with van der Waals surface area (Å²) in [7, 11) is 3.58. The Hall–Kier alpha value is -1.99. The van der Waals surface area contributed by atoms with Crippen LogP contribution in [-0.4, -0.2) is 62.8 Å². The number of aryl methyl sites for hydroxylation is 1. The second-order valence-corrected chi connectivity index (χ2v) is 5.56. The third-order valence-electron chi connectivity index (χ3n) is 4.05. The van der Waals surface area contributed by atoms with Gasteiger partial charge in [0.1, 0.15) is 12.2 Å². The van der Waals surface area contributed by atoms with Crippen LogP contribution in [0.5, 0.6) is 5.88 Å². The van der Waals surface area contributed by atoms with E-state index in [1.54, 1.807) is 13.4 Å². The van der Waals surface area contributed by atoms with Crippen molar-refractivity contribution in [2.45, 2.75) is 13.1 Å². The average Bonchev–Trinajstić information content (AvgIpc) is 2.95. The van der Waals surface area contributed by atoms with E-state index >= 15 is 0 Å². The van der Waals surface area contributed by atoms with E-state index in [0.717, 1.165) is 45.1 Å². The molecule has 1 aliphatic heterocycles. The standard InChI is InChI=1S/C15H22N6O/c1-19-14(17-12-18-19)11-21-7-5-20(6-8-21)10-13-3-4-15(22-2)16-9-13/h3-4,9,12H,5-8,10-11H2,1-2H3. The molecule has 2 aromatic rings. The molecule has 22 heavy (non-hydrogen) atoms. The van der Waals surface area contributed by atoms with Gasteiger partial charge < -0.3 is 4.74 Å². The zero-order chi connectivity index (χ0) is 15.4. The van der Waals surface area contributed by atoms with E-state index < -0.39 is 0 Å². The smallest absolute Gasteiger partial charge is 0.212 e. The van der Waals surface area contributed by atoms with Crippen LogP contribution in [0, 0.1) is 0 Å². The molecule has 1 saturated heterocycles. The van der Waals surface area contributed by atoms with Gasteiger partial charge in [0.2, 0.25) is 5.88 Å². The third-order valence-corrected chi connectivity index (χ3v) is 4.05. The van der Waals surface area contributed by atoms with Crippen molar-refractivity contribution in [1.82, 2.24) is 29.5 Å². The number of rotatable bonds is 5. The average molecular weight is 302 g/mol. The Morgan fingerprint density at radius 2 is 1.77 bits per heavy atom. The molecular formula is C15H22N6O. The van der Waals surface area contributed by atoms with Crippen molar-refractivity contribution in [2.75, 3.05) is 33.3 Å². The van der Waals surface area contributed by atoms with Gasteiger partial charge in [0.25, 0.3) is 0 Å². The van der Waals surface area contributed by atoms with E-state index in [1.807, 2.05) is 24.0 Å². The minimum atomic E-state index is 0.664. The molecule has 0 N–H and O–H groups in total. The van der Waals surface area contributed by atoms with Gasteiger partial charge in [0, 0.05) is 52.0 Å². The first-order chi connectivity index (χ1) is 10.7. The quantitative estimate of drug-likeness (QED) is 0.803. The van der Waals surface area contributed by atoms with E-state index in [2.05, 4.69) is 30.9 Å². The van der Waals surface area contributed by atoms with Crippen LogP contribution in [0.25, 0.3) is 0 Å². The van der Waals surface area contributed by atoms with E-state index in [-0.39, 0.29) is 0 Å². The highest BCUT2D eigenvalue weighted by Gasteiger charge is 2.18. The van der Waals surface area contributed by atoms with Gasteiger partial charge in [-0.3, -0.25) is 14.5 Å². The summed E-state index contributed by atoms with van der Waals surface area (Å²) in [6, 6.07) is 4.00. The number of pyridine rings is 1. The number of hydrogen-bond donors (Lipinski definition) is 0. The van der Waals surface area contributed by atoms with Gasteiger partial charge >= 0.3 is 0 Å². The fraction of sp³-hybridized carbons (Fsp3) is 0.533. The Labute approximate surface area is 130 Å². The van der Waals surface area contributed by atoms with Gasteiger partial charge in [-0.2, -0.15) is 5.10 Å². The Morgan fingerprint density at radius 1 is 1.05 bits per heavy atom. The van der Waals surface area contributed by atoms with Gasteiger partial charge in [-0.15, -0.1) is 0 Å². The molecule has 0 bridgehead atoms. The van der Waals surface area contributed by atoms with E-state index in [1.165, 1.54) is 5.56 Å². The summed E-state index contributed by atoms with van der Waals surface area (Å²) in [6.45, 7) is 6.03. The Kier molecular flexibility index (Phi) is 4.65. The molecule has 1 fully saturated rings. The summed E-state index contributed by atoms with van der Waals surface area (Å²) in [4.78, 5) is 13.4. The summed E-state index contributed by atoms with van der Waals surface area (Å²) in [5, 5.41) is 4.12. The van der Waals surface area contributed by atoms with Gasteiger partial charge in [0.05, 0.1) is 13.7 Å². The molecule has 3 rings (SSSR count). The van der Waals surface area contributed by atoms with Crippen LogP contribution in [0.3, 0.4) is 0 Å². The van der Waals surface area contributed by atoms with Gasteiger partial charge in [-0.1, -0.05) is 6.07 Å². The van der Waals surface area contributed by atoms with Gasteiger partial charge in [0.15, 0.2) is 0 Å². The predicted molar refractivity (Wildman–Crippen MR) is 82.3 cm³/mol. The molecule has 0 saturated carbocycles. The van der Waals surface area contributed by atoms with Crippen molar-refractivity contribution in [3.8, 4) is 5.88 Å². The summed E-state index contributed by atoms with van der Waals surface area (Å²) >= 11 is 0. The van der Waals surface area contributed by atoms with Crippen molar-refractivity contribution in [1.29, 1.82) is 0 Å². The highest BCUT2D eigenvalue weighted by molar-refractivity contribution is 5.17. The lowest BCUT2D eigenvalue weighted by atomic mass is 10.2. The van der Waals surface area contributed by atoms with E-state index in [9.17, 15) is 0 Å². The number of aromatic nitrogens is 4. The Balaban J connectivity index is 1.48. The molecule has 0 aromatic carbocycles. The lowest BCUT2D eigenvalue weighted by molar-refractivity contribution is 0.119. The first-order valence-corrected chi connectivity index (χ1v) is 7.51. The lowest BCUT2D eigenvalue weighted by Crippen LogP contribution is -2.45. The largest absolute Gasteiger partial charge is 0.481 e. The fourth-order valence-electron chi connectivity index (χ4n) is 2.65. The van der Waals surface area contributed by atoms with Crippen molar-refractivity contribution >= 4 is 0 Å². The first-order valence-electron chi connectivity index (χ1n) is 7.51. The number of nitrogens with zero attached hydrogens (tertiary/aromatic N) is 6. The minimum Gasteiger partial charge on any atom is -0.481 e. The molecule has 118 valence electrons. The Morgan fingerprint density at radius 3 is 2.32 bits per heavy atom. The van der Waals surface area contributed by atoms with Crippen LogP contribution in [0.15, 0.2) is 24.7 Å². The molecule has 7 heteroatoms. The van der Waals surface area contributed by atoms with Crippen LogP contribution in [-0.2, 0) is 20.1 Å². The monoisotopic (exact) mass is 302 g/mol. The topological polar surface area (TPSA) is 59.3 Å². The summed E-state index contributed by atoms with van der Waals surface area (Å²) in [5.74, 6) is 1.69. The maximum atomic E-state index is 5.09. The van der Waals surface area contributed by atoms with Crippen molar-refractivity contribution in [2.24, 2.45) is 7.05 Å². The third kappa shape index (κ3) is 3.61. The molecule has 0 unspecified atom stereocenters. The second kappa shape index (κ2) is 6.85. The first kappa shape index (κ1) is 14.9. The lowest BCUT2D eigenvalue weighted by Gasteiger charge is -2.34. The van der Waals surface area contributed by atoms with Crippen LogP contribution in [0.4, 0.5) is 0 Å². The number of piperazine rings is 1. The summed E-state index contributed by atoms with van der Waals surface area (Å²) < 4.78 is 6.93. The zero-order valence-corrected chi connectivity index (χ0v) is 13.1. The highest BCUT2D eigenvalue weighted by Crippen LogP contribution is 2.12. The predicted octanol–water partition coefficient (Wildman–Crippen LogP) is 0.536. The van der Waals surface area contributed by atoms with Crippen LogP contribution < -0.4 is 4.74 Å². The summed E-state index contributed by atoms with van der Waals surface area (Å²) in [6.07, 6.45) is 3.51. The summed E-state index contributed by atoms with van der Waals surface area (Å²) in [5.41, 5.74) is 1.22. The molecule has 1 aliphatic rings. The van der Waals surface area contributed by atoms with Crippen molar-refractivity contribution in [3.05, 3.63) is 36.0 Å². The minimum absolute atomic E-state index is 0.664. The van der Waals surface area contributed by atoms with Gasteiger partial charge in [-0.25, -0.2) is 9.97 Å². The number of methoxy groups -OCH3 is 1. The zero-order valence-electron chi connectivity index (χ0n) is 13.1. The molecule has 0 radical (unpaired) electrons. The number of hydrogen-bond acceptors (Lipinski definition) is 6. The molecule has 0 spiro atoms. The van der Waals surface area contributed by atoms with Crippen LogP contribution in [0.1, 0.15) is 11.4 Å². The highest BCUT2D eigenvalue weighted by atomic mass is 16.5. The molecule has 0 atom stereocenters. The van der Waals surface area contributed by atoms with Crippen LogP contribution in [0.2, 0.25) is 0 Å². The molecule has 0 amide bonds. The molecule has 3 heterocycles. The number of ether oxygens (including phenoxy) is 1. The van der Waals surface area contributed by atoms with Gasteiger partial charge in [-0.05, 0) is 5.56 Å². The molecular weight excluding hydrogens is 280 g/mol. The van der Waals surface area contributed by atoms with Crippen molar-refractivity contribution in [3.63, 3.8) is 0 Å². The van der Waals surface area contributed by atoms with E-state index in [0.29, 0.717) is 5.88 Å². The normalized spacial score (nSPS) is 16.8. The van der Waals surface area contributed by atoms with E-state index in [4.69, 9.17) is 4.74 Å².